The highest BCUT2D eigenvalue weighted by atomic mass is 32.2. The van der Waals surface area contributed by atoms with Crippen molar-refractivity contribution >= 4 is 51.4 Å². The van der Waals surface area contributed by atoms with Gasteiger partial charge >= 0.3 is 5.97 Å². The van der Waals surface area contributed by atoms with Crippen molar-refractivity contribution in [1.82, 2.24) is 19.7 Å². The number of benzene rings is 1. The molecule has 4 aromatic rings. The first-order valence-electron chi connectivity index (χ1n) is 10.9. The standard InChI is InChI=1S/C24H25N5O3S3/c1-6-32-22(31)20-14(3)25-23(35-20)26-18(30)12-34-24-28-27-21(29(24)5)17-11-33-15(4)19(17)16-9-7-13(2)8-10-16/h7-11H,6,12H2,1-5H3,(H,25,26,30). The van der Waals surface area contributed by atoms with Crippen molar-refractivity contribution in [1.29, 1.82) is 0 Å². The zero-order chi connectivity index (χ0) is 25.1. The molecule has 8 nitrogen and oxygen atoms in total. The van der Waals surface area contributed by atoms with E-state index in [-0.39, 0.29) is 18.3 Å². The summed E-state index contributed by atoms with van der Waals surface area (Å²) in [5, 5.41) is 14.6. The molecule has 0 aliphatic carbocycles. The molecule has 0 atom stereocenters. The fourth-order valence-electron chi connectivity index (χ4n) is 3.49. The lowest BCUT2D eigenvalue weighted by molar-refractivity contribution is -0.113. The minimum absolute atomic E-state index is 0.132. The highest BCUT2D eigenvalue weighted by Gasteiger charge is 2.21. The molecule has 0 spiro atoms. The van der Waals surface area contributed by atoms with Gasteiger partial charge < -0.3 is 14.6 Å². The maximum Gasteiger partial charge on any atom is 0.350 e. The smallest absolute Gasteiger partial charge is 0.350 e. The van der Waals surface area contributed by atoms with Crippen LogP contribution >= 0.6 is 34.4 Å². The molecule has 3 heterocycles. The number of rotatable bonds is 8. The van der Waals surface area contributed by atoms with Gasteiger partial charge in [0.15, 0.2) is 16.1 Å². The Morgan fingerprint density at radius 1 is 1.14 bits per heavy atom. The number of thioether (sulfide) groups is 1. The molecule has 0 fully saturated rings. The number of carbonyl (C=O) groups excluding carboxylic acids is 2. The average molecular weight is 528 g/mol. The summed E-state index contributed by atoms with van der Waals surface area (Å²) in [4.78, 5) is 30.4. The van der Waals surface area contributed by atoms with Crippen LogP contribution in [0.3, 0.4) is 0 Å². The number of nitrogens with zero attached hydrogens (tertiary/aromatic N) is 4. The number of thiophene rings is 1. The third-order valence-electron chi connectivity index (χ3n) is 5.23. The van der Waals surface area contributed by atoms with Crippen molar-refractivity contribution in [3.05, 3.63) is 50.7 Å². The molecule has 0 radical (unpaired) electrons. The van der Waals surface area contributed by atoms with E-state index in [9.17, 15) is 9.59 Å². The first-order valence-corrected chi connectivity index (χ1v) is 13.6. The Balaban J connectivity index is 1.46. The van der Waals surface area contributed by atoms with Crippen molar-refractivity contribution in [2.45, 2.75) is 32.9 Å². The number of thiazole rings is 1. The highest BCUT2D eigenvalue weighted by Crippen LogP contribution is 2.39. The number of amides is 1. The molecule has 0 saturated carbocycles. The molecule has 1 N–H and O–H groups in total. The van der Waals surface area contributed by atoms with Crippen LogP contribution in [0.4, 0.5) is 5.13 Å². The van der Waals surface area contributed by atoms with Gasteiger partial charge in [-0.1, -0.05) is 52.9 Å². The number of hydrogen-bond acceptors (Lipinski definition) is 9. The first-order chi connectivity index (χ1) is 16.8. The quantitative estimate of drug-likeness (QED) is 0.239. The van der Waals surface area contributed by atoms with Gasteiger partial charge in [0.25, 0.3) is 0 Å². The lowest BCUT2D eigenvalue weighted by Crippen LogP contribution is -2.14. The number of carbonyl (C=O) groups is 2. The van der Waals surface area contributed by atoms with Gasteiger partial charge in [0.2, 0.25) is 5.91 Å². The van der Waals surface area contributed by atoms with Crippen molar-refractivity contribution in [2.75, 3.05) is 17.7 Å². The second-order valence-electron chi connectivity index (χ2n) is 7.80. The van der Waals surface area contributed by atoms with Crippen molar-refractivity contribution in [2.24, 2.45) is 7.05 Å². The third kappa shape index (κ3) is 5.47. The molecule has 1 amide bonds. The maximum absolute atomic E-state index is 12.5. The van der Waals surface area contributed by atoms with E-state index in [1.54, 1.807) is 25.2 Å². The van der Waals surface area contributed by atoms with E-state index >= 15 is 0 Å². The first kappa shape index (κ1) is 25.1. The van der Waals surface area contributed by atoms with Crippen LogP contribution in [0.5, 0.6) is 0 Å². The Morgan fingerprint density at radius 3 is 2.60 bits per heavy atom. The predicted octanol–water partition coefficient (Wildman–Crippen LogP) is 5.50. The van der Waals surface area contributed by atoms with Crippen LogP contribution in [0.15, 0.2) is 34.8 Å². The number of aromatic nitrogens is 4. The number of hydrogen-bond donors (Lipinski definition) is 1. The average Bonchev–Trinajstić information content (AvgIpc) is 3.49. The number of anilines is 1. The van der Waals surface area contributed by atoms with Crippen molar-refractivity contribution in [3.63, 3.8) is 0 Å². The number of nitrogens with one attached hydrogen (secondary N) is 1. The van der Waals surface area contributed by atoms with E-state index < -0.39 is 5.97 Å². The van der Waals surface area contributed by atoms with E-state index in [0.29, 0.717) is 20.9 Å². The molecule has 35 heavy (non-hydrogen) atoms. The molecule has 0 bridgehead atoms. The summed E-state index contributed by atoms with van der Waals surface area (Å²) in [5.74, 6) is 0.211. The Hall–Kier alpha value is -3.02. The fraction of sp³-hybridized carbons (Fsp3) is 0.292. The summed E-state index contributed by atoms with van der Waals surface area (Å²) in [7, 11) is 1.90. The van der Waals surface area contributed by atoms with Crippen molar-refractivity contribution in [3.8, 4) is 22.5 Å². The number of aryl methyl sites for hydroxylation is 3. The molecule has 0 aliphatic rings. The van der Waals surface area contributed by atoms with Crippen LogP contribution in [0.1, 0.15) is 32.7 Å². The Morgan fingerprint density at radius 2 is 1.89 bits per heavy atom. The zero-order valence-electron chi connectivity index (χ0n) is 20.0. The van der Waals surface area contributed by atoms with Gasteiger partial charge in [0, 0.05) is 28.4 Å². The van der Waals surface area contributed by atoms with Crippen molar-refractivity contribution < 1.29 is 14.3 Å². The highest BCUT2D eigenvalue weighted by molar-refractivity contribution is 7.99. The number of ether oxygens (including phenoxy) is 1. The Kier molecular flexibility index (Phi) is 7.68. The van der Waals surface area contributed by atoms with Gasteiger partial charge in [-0.05, 0) is 33.3 Å². The fourth-order valence-corrected chi connectivity index (χ4v) is 5.95. The van der Waals surface area contributed by atoms with Gasteiger partial charge in [-0.15, -0.1) is 21.5 Å². The topological polar surface area (TPSA) is 99.0 Å². The zero-order valence-corrected chi connectivity index (χ0v) is 22.5. The SMILES string of the molecule is CCOC(=O)c1sc(NC(=O)CSc2nnc(-c3csc(C)c3-c3ccc(C)cc3)n2C)nc1C. The molecular formula is C24H25N5O3S3. The van der Waals surface area contributed by atoms with E-state index in [0.717, 1.165) is 33.9 Å². The molecular weight excluding hydrogens is 502 g/mol. The van der Waals surface area contributed by atoms with Crippen LogP contribution in [0, 0.1) is 20.8 Å². The molecule has 11 heteroatoms. The summed E-state index contributed by atoms with van der Waals surface area (Å²) in [6.45, 7) is 7.92. The normalized spacial score (nSPS) is 11.0. The Labute approximate surface area is 215 Å². The Bertz CT molecular complexity index is 1370. The predicted molar refractivity (Wildman–Crippen MR) is 141 cm³/mol. The van der Waals surface area contributed by atoms with E-state index in [1.165, 1.54) is 22.2 Å². The molecule has 1 aromatic carbocycles. The van der Waals surface area contributed by atoms with Crippen LogP contribution in [0.25, 0.3) is 22.5 Å². The second-order valence-corrected chi connectivity index (χ2v) is 10.8. The molecule has 0 saturated heterocycles. The van der Waals surface area contributed by atoms with E-state index in [2.05, 4.69) is 64.0 Å². The van der Waals surface area contributed by atoms with Crippen LogP contribution in [-0.2, 0) is 16.6 Å². The van der Waals surface area contributed by atoms with Crippen LogP contribution in [0.2, 0.25) is 0 Å². The maximum atomic E-state index is 12.5. The minimum Gasteiger partial charge on any atom is -0.462 e. The molecule has 4 rings (SSSR count). The molecule has 0 unspecified atom stereocenters. The van der Waals surface area contributed by atoms with Crippen LogP contribution < -0.4 is 5.32 Å². The lowest BCUT2D eigenvalue weighted by atomic mass is 10.0. The second kappa shape index (κ2) is 10.7. The lowest BCUT2D eigenvalue weighted by Gasteiger charge is -2.07. The van der Waals surface area contributed by atoms with E-state index in [4.69, 9.17) is 4.74 Å². The summed E-state index contributed by atoms with van der Waals surface area (Å²) in [5.41, 5.74) is 5.05. The van der Waals surface area contributed by atoms with Gasteiger partial charge in [-0.2, -0.15) is 0 Å². The summed E-state index contributed by atoms with van der Waals surface area (Å²) < 4.78 is 6.93. The van der Waals surface area contributed by atoms with Crippen LogP contribution in [-0.4, -0.2) is 44.0 Å². The third-order valence-corrected chi connectivity index (χ3v) is 8.21. The summed E-state index contributed by atoms with van der Waals surface area (Å²) in [6, 6.07) is 8.45. The van der Waals surface area contributed by atoms with Gasteiger partial charge in [-0.3, -0.25) is 4.79 Å². The molecule has 0 aliphatic heterocycles. The monoisotopic (exact) mass is 527 g/mol. The van der Waals surface area contributed by atoms with Gasteiger partial charge in [-0.25, -0.2) is 9.78 Å². The molecule has 3 aromatic heterocycles. The largest absolute Gasteiger partial charge is 0.462 e. The summed E-state index contributed by atoms with van der Waals surface area (Å²) in [6.07, 6.45) is 0. The molecule has 182 valence electrons. The summed E-state index contributed by atoms with van der Waals surface area (Å²) >= 11 is 4.08. The van der Waals surface area contributed by atoms with E-state index in [1.807, 2.05) is 11.6 Å². The number of esters is 1. The van der Waals surface area contributed by atoms with Gasteiger partial charge in [0.1, 0.15) is 4.88 Å². The van der Waals surface area contributed by atoms with Gasteiger partial charge in [0.05, 0.1) is 18.1 Å². The minimum atomic E-state index is -0.433.